The Balaban J connectivity index is 2.38. The first-order chi connectivity index (χ1) is 12.6. The highest BCUT2D eigenvalue weighted by Crippen LogP contribution is 2.36. The third kappa shape index (κ3) is 3.97. The number of amides is 2. The number of hydrogen-bond donors (Lipinski definition) is 3. The Labute approximate surface area is 148 Å². The van der Waals surface area contributed by atoms with Gasteiger partial charge in [-0.15, -0.1) is 0 Å². The summed E-state index contributed by atoms with van der Waals surface area (Å²) in [5, 5.41) is 17.6. The van der Waals surface area contributed by atoms with Gasteiger partial charge in [-0.2, -0.15) is 8.78 Å². The van der Waals surface area contributed by atoms with Gasteiger partial charge in [0.15, 0.2) is 17.5 Å². The fourth-order valence-corrected chi connectivity index (χ4v) is 2.20. The quantitative estimate of drug-likeness (QED) is 0.240. The number of nitrogens with zero attached hydrogens (tertiary/aromatic N) is 1. The lowest BCUT2D eigenvalue weighted by Crippen LogP contribution is -2.43. The summed E-state index contributed by atoms with van der Waals surface area (Å²) < 4.78 is 68.9. The number of halogens is 5. The van der Waals surface area contributed by atoms with E-state index in [1.807, 2.05) is 0 Å². The van der Waals surface area contributed by atoms with Crippen LogP contribution in [0.4, 0.5) is 26.7 Å². The van der Waals surface area contributed by atoms with Crippen LogP contribution in [0, 0.1) is 17.5 Å². The fraction of sp³-hybridized carbons (Fsp3) is 0.125. The molecule has 144 valence electrons. The van der Waals surface area contributed by atoms with Gasteiger partial charge in [-0.25, -0.2) is 28.3 Å². The first-order valence-electron chi connectivity index (χ1n) is 7.15. The lowest BCUT2D eigenvalue weighted by Gasteiger charge is -2.29. The number of alkyl halides is 2. The van der Waals surface area contributed by atoms with Crippen molar-refractivity contribution in [2.75, 3.05) is 0 Å². The van der Waals surface area contributed by atoms with E-state index >= 15 is 0 Å². The van der Waals surface area contributed by atoms with Crippen LogP contribution in [0.15, 0.2) is 36.4 Å². The normalized spacial score (nSPS) is 11.2. The van der Waals surface area contributed by atoms with Crippen LogP contribution in [0.3, 0.4) is 0 Å². The summed E-state index contributed by atoms with van der Waals surface area (Å²) >= 11 is 0. The van der Waals surface area contributed by atoms with Crippen LogP contribution < -0.4 is 5.48 Å². The fourth-order valence-electron chi connectivity index (χ4n) is 2.20. The molecule has 0 aliphatic rings. The second-order valence-corrected chi connectivity index (χ2v) is 5.27. The monoisotopic (exact) mass is 390 g/mol. The van der Waals surface area contributed by atoms with E-state index in [9.17, 15) is 31.5 Å². The maximum Gasteiger partial charge on any atom is 0.412 e. The van der Waals surface area contributed by atoms with Crippen molar-refractivity contribution in [2.24, 2.45) is 0 Å². The molecule has 0 saturated heterocycles. The zero-order valence-corrected chi connectivity index (χ0v) is 13.2. The molecule has 0 bridgehead atoms. The van der Waals surface area contributed by atoms with Crippen LogP contribution in [0.2, 0.25) is 0 Å². The standard InChI is InChI=1S/C16H11F5N2O4/c17-11-6-5-10(12(18)13(11)19)16(20,21)23(15(25)26)7-8-1-3-9(4-2-8)14(24)22-27/h1-6,27H,7H2,(H,22,24)(H,25,26). The molecule has 2 aromatic rings. The Hall–Kier alpha value is -3.21. The van der Waals surface area contributed by atoms with E-state index in [0.29, 0.717) is 0 Å². The molecule has 0 aliphatic carbocycles. The van der Waals surface area contributed by atoms with Gasteiger partial charge in [-0.3, -0.25) is 10.0 Å². The van der Waals surface area contributed by atoms with Crippen LogP contribution in [0.5, 0.6) is 0 Å². The van der Waals surface area contributed by atoms with Crippen molar-refractivity contribution >= 4 is 12.0 Å². The van der Waals surface area contributed by atoms with Gasteiger partial charge in [0.05, 0.1) is 12.1 Å². The maximum atomic E-state index is 14.5. The van der Waals surface area contributed by atoms with Crippen molar-refractivity contribution < 1.29 is 41.9 Å². The molecular weight excluding hydrogens is 379 g/mol. The largest absolute Gasteiger partial charge is 0.465 e. The Morgan fingerprint density at radius 2 is 1.59 bits per heavy atom. The molecule has 0 spiro atoms. The van der Waals surface area contributed by atoms with E-state index in [-0.39, 0.29) is 23.3 Å². The number of benzene rings is 2. The summed E-state index contributed by atoms with van der Waals surface area (Å²) in [5.41, 5.74) is -0.362. The van der Waals surface area contributed by atoms with E-state index < -0.39 is 52.5 Å². The SMILES string of the molecule is O=C(NO)c1ccc(CN(C(=O)O)C(F)(F)c2ccc(F)c(F)c2F)cc1. The van der Waals surface area contributed by atoms with Crippen molar-refractivity contribution in [1.29, 1.82) is 0 Å². The van der Waals surface area contributed by atoms with Crippen molar-refractivity contribution in [1.82, 2.24) is 10.4 Å². The van der Waals surface area contributed by atoms with Crippen LogP contribution in [0.1, 0.15) is 21.5 Å². The molecule has 0 fully saturated rings. The molecule has 2 aromatic carbocycles. The highest BCUT2D eigenvalue weighted by molar-refractivity contribution is 5.93. The summed E-state index contributed by atoms with van der Waals surface area (Å²) in [7, 11) is 0. The second kappa shape index (κ2) is 7.58. The van der Waals surface area contributed by atoms with Crippen molar-refractivity contribution in [3.63, 3.8) is 0 Å². The molecule has 11 heteroatoms. The Morgan fingerprint density at radius 3 is 2.11 bits per heavy atom. The predicted molar refractivity (Wildman–Crippen MR) is 79.5 cm³/mol. The molecule has 0 saturated carbocycles. The average molecular weight is 390 g/mol. The zero-order chi connectivity index (χ0) is 20.4. The summed E-state index contributed by atoms with van der Waals surface area (Å²) in [6.07, 6.45) is -2.15. The van der Waals surface area contributed by atoms with Crippen LogP contribution >= 0.6 is 0 Å². The van der Waals surface area contributed by atoms with Gasteiger partial charge in [0.25, 0.3) is 5.91 Å². The molecule has 0 aliphatic heterocycles. The molecule has 3 N–H and O–H groups in total. The van der Waals surface area contributed by atoms with Gasteiger partial charge in [0.2, 0.25) is 0 Å². The number of carbonyl (C=O) groups excluding carboxylic acids is 1. The minimum absolute atomic E-state index is 0.0189. The zero-order valence-electron chi connectivity index (χ0n) is 13.2. The molecule has 0 aromatic heterocycles. The number of nitrogens with one attached hydrogen (secondary N) is 1. The summed E-state index contributed by atoms with van der Waals surface area (Å²) in [4.78, 5) is 22.0. The molecule has 2 rings (SSSR count). The van der Waals surface area contributed by atoms with Gasteiger partial charge in [0.1, 0.15) is 0 Å². The minimum atomic E-state index is -4.52. The van der Waals surface area contributed by atoms with Crippen molar-refractivity contribution in [2.45, 2.75) is 12.6 Å². The molecule has 27 heavy (non-hydrogen) atoms. The smallest absolute Gasteiger partial charge is 0.412 e. The minimum Gasteiger partial charge on any atom is -0.465 e. The number of carbonyl (C=O) groups is 2. The lowest BCUT2D eigenvalue weighted by atomic mass is 10.1. The molecule has 6 nitrogen and oxygen atoms in total. The second-order valence-electron chi connectivity index (χ2n) is 5.27. The van der Waals surface area contributed by atoms with Crippen LogP contribution in [-0.2, 0) is 12.6 Å². The Morgan fingerprint density at radius 1 is 1.00 bits per heavy atom. The number of rotatable bonds is 5. The van der Waals surface area contributed by atoms with Gasteiger partial charge >= 0.3 is 12.1 Å². The molecule has 0 atom stereocenters. The van der Waals surface area contributed by atoms with Gasteiger partial charge in [-0.1, -0.05) is 12.1 Å². The van der Waals surface area contributed by atoms with Gasteiger partial charge in [0, 0.05) is 5.56 Å². The van der Waals surface area contributed by atoms with Crippen LogP contribution in [-0.4, -0.2) is 27.2 Å². The third-order valence-electron chi connectivity index (χ3n) is 3.59. The van der Waals surface area contributed by atoms with Crippen molar-refractivity contribution in [3.8, 4) is 0 Å². The van der Waals surface area contributed by atoms with Crippen molar-refractivity contribution in [3.05, 3.63) is 70.5 Å². The van der Waals surface area contributed by atoms with E-state index in [1.165, 1.54) is 5.48 Å². The summed E-state index contributed by atoms with van der Waals surface area (Å²) in [6.45, 7) is -0.957. The Bertz CT molecular complexity index is 874. The highest BCUT2D eigenvalue weighted by Gasteiger charge is 2.45. The summed E-state index contributed by atoms with van der Waals surface area (Å²) in [6, 6.07) is 0.471. The summed E-state index contributed by atoms with van der Waals surface area (Å²) in [5.74, 6) is -6.95. The third-order valence-corrected chi connectivity index (χ3v) is 3.59. The van der Waals surface area contributed by atoms with Gasteiger partial charge < -0.3 is 5.11 Å². The van der Waals surface area contributed by atoms with E-state index in [2.05, 4.69) is 0 Å². The lowest BCUT2D eigenvalue weighted by molar-refractivity contribution is -0.143. The molecule has 0 heterocycles. The first-order valence-corrected chi connectivity index (χ1v) is 7.15. The molecule has 0 unspecified atom stereocenters. The van der Waals surface area contributed by atoms with E-state index in [4.69, 9.17) is 10.3 Å². The Kier molecular flexibility index (Phi) is 5.64. The maximum absolute atomic E-state index is 14.5. The molecule has 2 amide bonds. The topological polar surface area (TPSA) is 89.9 Å². The van der Waals surface area contributed by atoms with Crippen LogP contribution in [0.25, 0.3) is 0 Å². The highest BCUT2D eigenvalue weighted by atomic mass is 19.3. The number of hydrogen-bond acceptors (Lipinski definition) is 3. The first kappa shape index (κ1) is 20.1. The predicted octanol–water partition coefficient (Wildman–Crippen LogP) is 3.45. The van der Waals surface area contributed by atoms with E-state index in [1.54, 1.807) is 0 Å². The average Bonchev–Trinajstić information content (AvgIpc) is 2.63. The molecular formula is C16H11F5N2O4. The number of hydroxylamine groups is 1. The molecule has 0 radical (unpaired) electrons. The number of carboxylic acid groups (broad SMARTS) is 1. The van der Waals surface area contributed by atoms with Gasteiger partial charge in [-0.05, 0) is 29.8 Å². The van der Waals surface area contributed by atoms with E-state index in [0.717, 1.165) is 24.3 Å².